The molecule has 7 heteroatoms. The summed E-state index contributed by atoms with van der Waals surface area (Å²) in [6, 6.07) is 4.48. The highest BCUT2D eigenvalue weighted by Gasteiger charge is 2.44. The van der Waals surface area contributed by atoms with Crippen molar-refractivity contribution in [3.05, 3.63) is 29.0 Å². The summed E-state index contributed by atoms with van der Waals surface area (Å²) < 4.78 is 13.4. The van der Waals surface area contributed by atoms with Crippen LogP contribution in [0.15, 0.2) is 18.2 Å². The average Bonchev–Trinajstić information content (AvgIpc) is 2.58. The van der Waals surface area contributed by atoms with Crippen LogP contribution in [0.2, 0.25) is 5.02 Å². The first-order valence-corrected chi connectivity index (χ1v) is 9.89. The van der Waals surface area contributed by atoms with Crippen LogP contribution < -0.4 is 11.1 Å². The molecule has 0 bridgehead atoms. The van der Waals surface area contributed by atoms with Crippen molar-refractivity contribution in [2.24, 2.45) is 5.73 Å². The maximum Gasteiger partial charge on any atom is 0.248 e. The molecule has 1 saturated heterocycles. The van der Waals surface area contributed by atoms with Gasteiger partial charge in [0.25, 0.3) is 0 Å². The molecule has 1 aliphatic heterocycles. The minimum atomic E-state index is -0.721. The monoisotopic (exact) mass is 371 g/mol. The van der Waals surface area contributed by atoms with Crippen LogP contribution in [-0.4, -0.2) is 47.0 Å². The van der Waals surface area contributed by atoms with E-state index in [0.29, 0.717) is 12.1 Å². The predicted molar refractivity (Wildman–Crippen MR) is 98.1 cm³/mol. The van der Waals surface area contributed by atoms with Crippen LogP contribution >= 0.6 is 23.4 Å². The first-order valence-electron chi connectivity index (χ1n) is 8.36. The fourth-order valence-corrected chi connectivity index (χ4v) is 4.68. The highest BCUT2D eigenvalue weighted by atomic mass is 35.5. The number of hydrogen-bond donors (Lipinski definition) is 2. The number of rotatable bonds is 3. The largest absolute Gasteiger partial charge is 0.371 e. The first-order chi connectivity index (χ1) is 11.5. The molecular formula is C17H23ClFN3OS. The van der Waals surface area contributed by atoms with E-state index in [1.54, 1.807) is 6.07 Å². The molecule has 1 aromatic carbocycles. The van der Waals surface area contributed by atoms with Crippen LogP contribution in [0.1, 0.15) is 25.7 Å². The van der Waals surface area contributed by atoms with Crippen LogP contribution in [0, 0.1) is 5.82 Å². The first kappa shape index (κ1) is 17.8. The van der Waals surface area contributed by atoms with Crippen LogP contribution in [0.25, 0.3) is 0 Å². The molecule has 1 amide bonds. The zero-order chi connectivity index (χ0) is 17.2. The molecule has 0 spiro atoms. The molecule has 132 valence electrons. The molecule has 1 aliphatic carbocycles. The van der Waals surface area contributed by atoms with Gasteiger partial charge in [0.2, 0.25) is 5.91 Å². The standard InChI is InChI=1S/C17H23ClFN3OS/c18-14-10-13(3-4-15(14)19)21-17(5-1-2-12(20)11-17)16(23)22-6-8-24-9-7-22/h3-4,10,12,21H,1-2,5-9,11,20H2. The van der Waals surface area contributed by atoms with Crippen LogP contribution in [0.5, 0.6) is 0 Å². The van der Waals surface area contributed by atoms with Gasteiger partial charge in [0.15, 0.2) is 0 Å². The predicted octanol–water partition coefficient (Wildman–Crippen LogP) is 3.11. The Balaban J connectivity index is 1.86. The summed E-state index contributed by atoms with van der Waals surface area (Å²) in [6.07, 6.45) is 3.15. The Morgan fingerprint density at radius 3 is 2.83 bits per heavy atom. The normalized spacial score (nSPS) is 27.8. The van der Waals surface area contributed by atoms with E-state index in [2.05, 4.69) is 5.32 Å². The smallest absolute Gasteiger partial charge is 0.248 e. The van der Waals surface area contributed by atoms with Gasteiger partial charge in [0.05, 0.1) is 5.02 Å². The lowest BCUT2D eigenvalue weighted by molar-refractivity contribution is -0.137. The van der Waals surface area contributed by atoms with Crippen molar-refractivity contribution in [2.75, 3.05) is 29.9 Å². The maximum absolute atomic E-state index is 13.4. The zero-order valence-corrected chi connectivity index (χ0v) is 15.1. The van der Waals surface area contributed by atoms with E-state index in [9.17, 15) is 9.18 Å². The Labute approximate surface area is 151 Å². The molecular weight excluding hydrogens is 349 g/mol. The number of nitrogens with zero attached hydrogens (tertiary/aromatic N) is 1. The third-order valence-corrected chi connectivity index (χ3v) is 6.03. The SMILES string of the molecule is NC1CCCC(Nc2ccc(F)c(Cl)c2)(C(=O)N2CCSCC2)C1. The molecule has 2 aliphatic rings. The van der Waals surface area contributed by atoms with E-state index >= 15 is 0 Å². The van der Waals surface area contributed by atoms with Gasteiger partial charge in [-0.05, 0) is 43.9 Å². The number of hydrogen-bond acceptors (Lipinski definition) is 4. The minimum Gasteiger partial charge on any atom is -0.371 e. The molecule has 1 heterocycles. The van der Waals surface area contributed by atoms with Gasteiger partial charge in [-0.25, -0.2) is 4.39 Å². The van der Waals surface area contributed by atoms with Crippen molar-refractivity contribution in [1.82, 2.24) is 4.90 Å². The van der Waals surface area contributed by atoms with Crippen molar-refractivity contribution in [2.45, 2.75) is 37.3 Å². The molecule has 1 aromatic rings. The second kappa shape index (κ2) is 7.50. The van der Waals surface area contributed by atoms with Gasteiger partial charge in [-0.2, -0.15) is 11.8 Å². The summed E-state index contributed by atoms with van der Waals surface area (Å²) in [5.41, 5.74) is 6.13. The number of thioether (sulfide) groups is 1. The van der Waals surface area contributed by atoms with Crippen molar-refractivity contribution >= 4 is 35.0 Å². The molecule has 2 atom stereocenters. The fraction of sp³-hybridized carbons (Fsp3) is 0.588. The molecule has 0 aromatic heterocycles. The molecule has 4 nitrogen and oxygen atoms in total. The van der Waals surface area contributed by atoms with Crippen molar-refractivity contribution < 1.29 is 9.18 Å². The van der Waals surface area contributed by atoms with Gasteiger partial charge < -0.3 is 16.0 Å². The van der Waals surface area contributed by atoms with Gasteiger partial charge in [-0.1, -0.05) is 11.6 Å². The van der Waals surface area contributed by atoms with Gasteiger partial charge in [0, 0.05) is 36.3 Å². The van der Waals surface area contributed by atoms with Crippen molar-refractivity contribution in [1.29, 1.82) is 0 Å². The molecule has 0 radical (unpaired) electrons. The van der Waals surface area contributed by atoms with E-state index in [0.717, 1.165) is 43.9 Å². The van der Waals surface area contributed by atoms with Crippen LogP contribution in [0.3, 0.4) is 0 Å². The topological polar surface area (TPSA) is 58.4 Å². The molecule has 1 saturated carbocycles. The number of halogens is 2. The number of amides is 1. The van der Waals surface area contributed by atoms with Crippen molar-refractivity contribution in [3.8, 4) is 0 Å². The molecule has 3 N–H and O–H groups in total. The Bertz CT molecular complexity index is 611. The summed E-state index contributed by atoms with van der Waals surface area (Å²) >= 11 is 7.77. The Hall–Kier alpha value is -0.980. The summed E-state index contributed by atoms with van der Waals surface area (Å²) in [7, 11) is 0. The minimum absolute atomic E-state index is 0.00899. The quantitative estimate of drug-likeness (QED) is 0.857. The van der Waals surface area contributed by atoms with Gasteiger partial charge in [0.1, 0.15) is 11.4 Å². The number of carbonyl (C=O) groups is 1. The Kier molecular flexibility index (Phi) is 5.57. The summed E-state index contributed by atoms with van der Waals surface area (Å²) in [5.74, 6) is 1.58. The third-order valence-electron chi connectivity index (χ3n) is 4.80. The number of nitrogens with one attached hydrogen (secondary N) is 1. The lowest BCUT2D eigenvalue weighted by Gasteiger charge is -2.43. The molecule has 3 rings (SSSR count). The van der Waals surface area contributed by atoms with E-state index < -0.39 is 11.4 Å². The van der Waals surface area contributed by atoms with E-state index in [1.165, 1.54) is 12.1 Å². The van der Waals surface area contributed by atoms with Crippen LogP contribution in [0.4, 0.5) is 10.1 Å². The van der Waals surface area contributed by atoms with Gasteiger partial charge in [-0.15, -0.1) is 0 Å². The Morgan fingerprint density at radius 2 is 2.17 bits per heavy atom. The van der Waals surface area contributed by atoms with E-state index in [1.807, 2.05) is 16.7 Å². The number of nitrogens with two attached hydrogens (primary N) is 1. The van der Waals surface area contributed by atoms with Gasteiger partial charge in [-0.3, -0.25) is 4.79 Å². The number of anilines is 1. The second-order valence-electron chi connectivity index (χ2n) is 6.60. The zero-order valence-electron chi connectivity index (χ0n) is 13.6. The number of carbonyl (C=O) groups excluding carboxylic acids is 1. The number of benzene rings is 1. The maximum atomic E-state index is 13.4. The third kappa shape index (κ3) is 3.81. The lowest BCUT2D eigenvalue weighted by Crippen LogP contribution is -2.59. The highest BCUT2D eigenvalue weighted by Crippen LogP contribution is 2.34. The summed E-state index contributed by atoms with van der Waals surface area (Å²) in [6.45, 7) is 1.54. The van der Waals surface area contributed by atoms with Gasteiger partial charge >= 0.3 is 0 Å². The Morgan fingerprint density at radius 1 is 1.42 bits per heavy atom. The molecule has 2 unspecified atom stereocenters. The van der Waals surface area contributed by atoms with Crippen molar-refractivity contribution in [3.63, 3.8) is 0 Å². The average molecular weight is 372 g/mol. The van der Waals surface area contributed by atoms with E-state index in [-0.39, 0.29) is 17.0 Å². The summed E-state index contributed by atoms with van der Waals surface area (Å²) in [4.78, 5) is 15.2. The lowest BCUT2D eigenvalue weighted by atomic mass is 9.77. The molecule has 2 fully saturated rings. The van der Waals surface area contributed by atoms with E-state index in [4.69, 9.17) is 17.3 Å². The fourth-order valence-electron chi connectivity index (χ4n) is 3.60. The highest BCUT2D eigenvalue weighted by molar-refractivity contribution is 7.99. The molecule has 24 heavy (non-hydrogen) atoms. The second-order valence-corrected chi connectivity index (χ2v) is 8.23. The van der Waals surface area contributed by atoms with Crippen LogP contribution in [-0.2, 0) is 4.79 Å². The summed E-state index contributed by atoms with van der Waals surface area (Å²) in [5, 5.41) is 3.41.